The summed E-state index contributed by atoms with van der Waals surface area (Å²) in [6.45, 7) is 10.4. The van der Waals surface area contributed by atoms with Crippen molar-refractivity contribution in [2.75, 3.05) is 26.2 Å². The van der Waals surface area contributed by atoms with Crippen LogP contribution in [0.2, 0.25) is 0 Å². The Balaban J connectivity index is 1.61. The molecule has 1 aliphatic rings. The highest BCUT2D eigenvalue weighted by molar-refractivity contribution is 5.02. The van der Waals surface area contributed by atoms with Crippen molar-refractivity contribution in [3.63, 3.8) is 0 Å². The summed E-state index contributed by atoms with van der Waals surface area (Å²) in [5, 5.41) is 3.47. The first kappa shape index (κ1) is 13.5. The number of nitrogens with zero attached hydrogens (tertiary/aromatic N) is 2. The fourth-order valence-electron chi connectivity index (χ4n) is 2.51. The highest BCUT2D eigenvalue weighted by Gasteiger charge is 2.21. The van der Waals surface area contributed by atoms with Crippen LogP contribution in [0, 0.1) is 11.8 Å². The highest BCUT2D eigenvalue weighted by atomic mass is 15.1. The monoisotopic (exact) mass is 247 g/mol. The zero-order chi connectivity index (χ0) is 12.8. The summed E-state index contributed by atoms with van der Waals surface area (Å²) >= 11 is 0. The van der Waals surface area contributed by atoms with Crippen LogP contribution in [-0.4, -0.2) is 36.1 Å². The van der Waals surface area contributed by atoms with Gasteiger partial charge in [0.25, 0.3) is 0 Å². The second-order valence-electron chi connectivity index (χ2n) is 5.54. The van der Waals surface area contributed by atoms with Crippen molar-refractivity contribution < 1.29 is 0 Å². The van der Waals surface area contributed by atoms with Gasteiger partial charge in [0.2, 0.25) is 0 Å². The topological polar surface area (TPSA) is 28.2 Å². The Morgan fingerprint density at radius 1 is 1.33 bits per heavy atom. The second kappa shape index (κ2) is 6.86. The minimum atomic E-state index is 0.842. The van der Waals surface area contributed by atoms with Gasteiger partial charge >= 0.3 is 0 Å². The van der Waals surface area contributed by atoms with E-state index in [1.807, 2.05) is 18.3 Å². The molecule has 0 bridgehead atoms. The lowest BCUT2D eigenvalue weighted by atomic mass is 9.89. The number of pyridine rings is 1. The van der Waals surface area contributed by atoms with Gasteiger partial charge in [0, 0.05) is 32.4 Å². The van der Waals surface area contributed by atoms with Crippen LogP contribution in [0.1, 0.15) is 26.0 Å². The summed E-state index contributed by atoms with van der Waals surface area (Å²) in [6, 6.07) is 6.06. The average molecular weight is 247 g/mol. The van der Waals surface area contributed by atoms with Crippen LogP contribution in [-0.2, 0) is 6.54 Å². The molecule has 1 N–H and O–H groups in total. The predicted molar refractivity (Wildman–Crippen MR) is 75.3 cm³/mol. The van der Waals surface area contributed by atoms with E-state index in [1.165, 1.54) is 19.5 Å². The predicted octanol–water partition coefficient (Wildman–Crippen LogP) is 2.15. The standard InChI is InChI=1S/C15H25N3/c1-13-6-9-18(12-14(13)2)10-8-16-11-15-5-3-4-7-17-15/h3-5,7,13-14,16H,6,8-12H2,1-2H3. The van der Waals surface area contributed by atoms with Gasteiger partial charge in [0.15, 0.2) is 0 Å². The molecule has 2 unspecified atom stereocenters. The molecule has 1 saturated heterocycles. The first-order chi connectivity index (χ1) is 8.75. The van der Waals surface area contributed by atoms with Gasteiger partial charge in [-0.25, -0.2) is 0 Å². The number of hydrogen-bond donors (Lipinski definition) is 1. The van der Waals surface area contributed by atoms with E-state index < -0.39 is 0 Å². The third-order valence-electron chi connectivity index (χ3n) is 4.06. The van der Waals surface area contributed by atoms with Crippen molar-refractivity contribution in [1.29, 1.82) is 0 Å². The molecule has 100 valence electrons. The van der Waals surface area contributed by atoms with Crippen LogP contribution in [0.15, 0.2) is 24.4 Å². The Bertz CT molecular complexity index is 339. The summed E-state index contributed by atoms with van der Waals surface area (Å²) in [7, 11) is 0. The van der Waals surface area contributed by atoms with Crippen molar-refractivity contribution in [2.24, 2.45) is 11.8 Å². The molecular weight excluding hydrogens is 222 g/mol. The largest absolute Gasteiger partial charge is 0.310 e. The lowest BCUT2D eigenvalue weighted by molar-refractivity contribution is 0.139. The Morgan fingerprint density at radius 2 is 2.22 bits per heavy atom. The van der Waals surface area contributed by atoms with Crippen LogP contribution in [0.4, 0.5) is 0 Å². The Morgan fingerprint density at radius 3 is 2.94 bits per heavy atom. The van der Waals surface area contributed by atoms with Crippen LogP contribution < -0.4 is 5.32 Å². The molecule has 18 heavy (non-hydrogen) atoms. The maximum Gasteiger partial charge on any atom is 0.0541 e. The van der Waals surface area contributed by atoms with E-state index in [0.29, 0.717) is 0 Å². The highest BCUT2D eigenvalue weighted by Crippen LogP contribution is 2.21. The molecule has 3 nitrogen and oxygen atoms in total. The molecular formula is C15H25N3. The van der Waals surface area contributed by atoms with Crippen molar-refractivity contribution >= 4 is 0 Å². The molecule has 3 heteroatoms. The average Bonchev–Trinajstić information content (AvgIpc) is 2.40. The van der Waals surface area contributed by atoms with Crippen LogP contribution >= 0.6 is 0 Å². The molecule has 0 aromatic carbocycles. The van der Waals surface area contributed by atoms with Crippen molar-refractivity contribution in [2.45, 2.75) is 26.8 Å². The molecule has 0 aliphatic carbocycles. The van der Waals surface area contributed by atoms with Gasteiger partial charge in [-0.2, -0.15) is 0 Å². The summed E-state index contributed by atoms with van der Waals surface area (Å²) in [5.41, 5.74) is 1.12. The fourth-order valence-corrected chi connectivity index (χ4v) is 2.51. The lowest BCUT2D eigenvalue weighted by Gasteiger charge is -2.35. The normalized spacial score (nSPS) is 25.2. The quantitative estimate of drug-likeness (QED) is 0.808. The van der Waals surface area contributed by atoms with Gasteiger partial charge in [0.05, 0.1) is 5.69 Å². The molecule has 1 aromatic rings. The second-order valence-corrected chi connectivity index (χ2v) is 5.54. The molecule has 0 amide bonds. The van der Waals surface area contributed by atoms with E-state index in [-0.39, 0.29) is 0 Å². The summed E-state index contributed by atoms with van der Waals surface area (Å²) in [5.74, 6) is 1.73. The van der Waals surface area contributed by atoms with Gasteiger partial charge < -0.3 is 10.2 Å². The number of hydrogen-bond acceptors (Lipinski definition) is 3. The van der Waals surface area contributed by atoms with Crippen molar-refractivity contribution in [3.05, 3.63) is 30.1 Å². The number of nitrogens with one attached hydrogen (secondary N) is 1. The first-order valence-electron chi connectivity index (χ1n) is 7.08. The van der Waals surface area contributed by atoms with Crippen molar-refractivity contribution in [1.82, 2.24) is 15.2 Å². The molecule has 0 radical (unpaired) electrons. The van der Waals surface area contributed by atoms with Gasteiger partial charge in [0.1, 0.15) is 0 Å². The van der Waals surface area contributed by atoms with E-state index in [0.717, 1.165) is 37.2 Å². The molecule has 1 fully saturated rings. The number of piperidine rings is 1. The van der Waals surface area contributed by atoms with Crippen molar-refractivity contribution in [3.8, 4) is 0 Å². The zero-order valence-electron chi connectivity index (χ0n) is 11.6. The smallest absolute Gasteiger partial charge is 0.0541 e. The van der Waals surface area contributed by atoms with Crippen LogP contribution in [0.25, 0.3) is 0 Å². The summed E-state index contributed by atoms with van der Waals surface area (Å²) in [4.78, 5) is 6.89. The molecule has 2 rings (SSSR count). The molecule has 2 atom stereocenters. The van der Waals surface area contributed by atoms with E-state index in [1.54, 1.807) is 0 Å². The third kappa shape index (κ3) is 4.07. The zero-order valence-corrected chi connectivity index (χ0v) is 11.6. The third-order valence-corrected chi connectivity index (χ3v) is 4.06. The Kier molecular flexibility index (Phi) is 5.14. The maximum absolute atomic E-state index is 4.31. The minimum absolute atomic E-state index is 0.842. The van der Waals surface area contributed by atoms with Crippen LogP contribution in [0.5, 0.6) is 0 Å². The molecule has 1 aromatic heterocycles. The molecule has 1 aliphatic heterocycles. The lowest BCUT2D eigenvalue weighted by Crippen LogP contribution is -2.41. The molecule has 0 spiro atoms. The first-order valence-corrected chi connectivity index (χ1v) is 7.08. The van der Waals surface area contributed by atoms with E-state index >= 15 is 0 Å². The molecule has 2 heterocycles. The van der Waals surface area contributed by atoms with Gasteiger partial charge in [-0.3, -0.25) is 4.98 Å². The van der Waals surface area contributed by atoms with E-state index in [4.69, 9.17) is 0 Å². The van der Waals surface area contributed by atoms with E-state index in [9.17, 15) is 0 Å². The van der Waals surface area contributed by atoms with Gasteiger partial charge in [-0.15, -0.1) is 0 Å². The van der Waals surface area contributed by atoms with Gasteiger partial charge in [-0.1, -0.05) is 19.9 Å². The molecule has 0 saturated carbocycles. The van der Waals surface area contributed by atoms with Gasteiger partial charge in [-0.05, 0) is 36.9 Å². The SMILES string of the molecule is CC1CCN(CCNCc2ccccn2)CC1C. The minimum Gasteiger partial charge on any atom is -0.310 e. The number of likely N-dealkylation sites (tertiary alicyclic amines) is 1. The fraction of sp³-hybridized carbons (Fsp3) is 0.667. The summed E-state index contributed by atoms with van der Waals surface area (Å²) in [6.07, 6.45) is 3.20. The number of rotatable bonds is 5. The summed E-state index contributed by atoms with van der Waals surface area (Å²) < 4.78 is 0. The Labute approximate surface area is 111 Å². The van der Waals surface area contributed by atoms with Crippen LogP contribution in [0.3, 0.4) is 0 Å². The maximum atomic E-state index is 4.31. The van der Waals surface area contributed by atoms with E-state index in [2.05, 4.69) is 35.1 Å². The Hall–Kier alpha value is -0.930. The number of aromatic nitrogens is 1.